The minimum atomic E-state index is -0.752. The highest BCUT2D eigenvalue weighted by atomic mass is 35.5. The summed E-state index contributed by atoms with van der Waals surface area (Å²) in [5.74, 6) is -0.115. The summed E-state index contributed by atoms with van der Waals surface area (Å²) in [6.07, 6.45) is 1.13. The summed E-state index contributed by atoms with van der Waals surface area (Å²) in [6, 6.07) is 5.76. The molecule has 0 unspecified atom stereocenters. The van der Waals surface area contributed by atoms with Crippen molar-refractivity contribution in [2.24, 2.45) is 0 Å². The van der Waals surface area contributed by atoms with Gasteiger partial charge in [0, 0.05) is 5.69 Å². The van der Waals surface area contributed by atoms with E-state index in [1.54, 1.807) is 24.3 Å². The van der Waals surface area contributed by atoms with Crippen molar-refractivity contribution in [2.75, 3.05) is 12.4 Å². The Balaban J connectivity index is 1.95. The third kappa shape index (κ3) is 4.46. The van der Waals surface area contributed by atoms with E-state index in [0.717, 1.165) is 10.9 Å². The first kappa shape index (κ1) is 17.8. The predicted octanol–water partition coefficient (Wildman–Crippen LogP) is 1.91. The van der Waals surface area contributed by atoms with Crippen LogP contribution in [0.5, 0.6) is 5.75 Å². The van der Waals surface area contributed by atoms with Crippen LogP contribution in [0.4, 0.5) is 10.5 Å². The lowest BCUT2D eigenvalue weighted by Gasteiger charge is -2.08. The van der Waals surface area contributed by atoms with E-state index in [4.69, 9.17) is 27.9 Å². The molecule has 0 saturated heterocycles. The van der Waals surface area contributed by atoms with Crippen molar-refractivity contribution in [1.82, 2.24) is 15.1 Å². The highest BCUT2D eigenvalue weighted by molar-refractivity contribution is 6.41. The fourth-order valence-electron chi connectivity index (χ4n) is 1.70. The lowest BCUT2D eigenvalue weighted by molar-refractivity contribution is -0.120. The Bertz CT molecular complexity index is 821. The largest absolute Gasteiger partial charge is 0.497 e. The van der Waals surface area contributed by atoms with Crippen LogP contribution < -0.4 is 20.9 Å². The second kappa shape index (κ2) is 7.80. The fourth-order valence-corrected chi connectivity index (χ4v) is 1.97. The molecule has 10 heteroatoms. The van der Waals surface area contributed by atoms with Gasteiger partial charge in [-0.2, -0.15) is 5.10 Å². The highest BCUT2D eigenvalue weighted by Crippen LogP contribution is 2.15. The first-order valence-electron chi connectivity index (χ1n) is 6.56. The Morgan fingerprint density at radius 3 is 2.54 bits per heavy atom. The second-order valence-electron chi connectivity index (χ2n) is 4.50. The number of nitrogens with zero attached hydrogens (tertiary/aromatic N) is 2. The van der Waals surface area contributed by atoms with Crippen molar-refractivity contribution in [3.63, 3.8) is 0 Å². The highest BCUT2D eigenvalue weighted by Gasteiger charge is 2.13. The lowest BCUT2D eigenvalue weighted by Crippen LogP contribution is -2.39. The monoisotopic (exact) mass is 370 g/mol. The molecule has 3 amide bonds. The van der Waals surface area contributed by atoms with Crippen molar-refractivity contribution in [2.45, 2.75) is 6.54 Å². The van der Waals surface area contributed by atoms with Crippen LogP contribution in [0, 0.1) is 0 Å². The molecule has 0 atom stereocenters. The first-order chi connectivity index (χ1) is 11.4. The number of anilines is 1. The van der Waals surface area contributed by atoms with E-state index in [2.05, 4.69) is 15.7 Å². The molecule has 24 heavy (non-hydrogen) atoms. The summed E-state index contributed by atoms with van der Waals surface area (Å²) < 4.78 is 5.79. The van der Waals surface area contributed by atoms with Gasteiger partial charge in [-0.15, -0.1) is 0 Å². The van der Waals surface area contributed by atoms with Gasteiger partial charge in [0.2, 0.25) is 5.91 Å². The summed E-state index contributed by atoms with van der Waals surface area (Å²) >= 11 is 11.3. The van der Waals surface area contributed by atoms with Crippen molar-refractivity contribution in [3.8, 4) is 5.75 Å². The quantitative estimate of drug-likeness (QED) is 0.855. The smallest absolute Gasteiger partial charge is 0.325 e. The van der Waals surface area contributed by atoms with Crippen LogP contribution in [-0.2, 0) is 11.3 Å². The molecule has 0 spiro atoms. The van der Waals surface area contributed by atoms with Gasteiger partial charge in [0.1, 0.15) is 17.3 Å². The lowest BCUT2D eigenvalue weighted by atomic mass is 10.3. The summed E-state index contributed by atoms with van der Waals surface area (Å²) in [4.78, 5) is 35.3. The van der Waals surface area contributed by atoms with Gasteiger partial charge in [-0.25, -0.2) is 9.48 Å². The van der Waals surface area contributed by atoms with Crippen LogP contribution in [-0.4, -0.2) is 28.8 Å². The number of imide groups is 1. The van der Waals surface area contributed by atoms with Crippen LogP contribution in [0.3, 0.4) is 0 Å². The SMILES string of the molecule is COc1ccc(NC(=O)NC(=O)Cn2ncc(Cl)c(Cl)c2=O)cc1. The topological polar surface area (TPSA) is 102 Å². The maximum Gasteiger partial charge on any atom is 0.325 e. The number of amides is 3. The minimum Gasteiger partial charge on any atom is -0.497 e. The Hall–Kier alpha value is -2.58. The molecule has 2 rings (SSSR count). The molecule has 126 valence electrons. The molecular formula is C14H12Cl2N4O4. The van der Waals surface area contributed by atoms with Crippen molar-refractivity contribution >= 4 is 40.8 Å². The van der Waals surface area contributed by atoms with Gasteiger partial charge in [0.15, 0.2) is 0 Å². The van der Waals surface area contributed by atoms with Gasteiger partial charge < -0.3 is 10.1 Å². The molecular weight excluding hydrogens is 359 g/mol. The maximum absolute atomic E-state index is 11.8. The first-order valence-corrected chi connectivity index (χ1v) is 7.32. The van der Waals surface area contributed by atoms with E-state index >= 15 is 0 Å². The average molecular weight is 371 g/mol. The fraction of sp³-hybridized carbons (Fsp3) is 0.143. The van der Waals surface area contributed by atoms with Gasteiger partial charge in [0.05, 0.1) is 18.3 Å². The van der Waals surface area contributed by atoms with Crippen LogP contribution in [0.2, 0.25) is 10.0 Å². The van der Waals surface area contributed by atoms with E-state index in [0.29, 0.717) is 11.4 Å². The number of aromatic nitrogens is 2. The zero-order chi connectivity index (χ0) is 17.7. The zero-order valence-electron chi connectivity index (χ0n) is 12.4. The molecule has 8 nitrogen and oxygen atoms in total. The molecule has 0 aliphatic heterocycles. The summed E-state index contributed by atoms with van der Waals surface area (Å²) in [5.41, 5.74) is -0.263. The van der Waals surface area contributed by atoms with Crippen LogP contribution >= 0.6 is 23.2 Å². The van der Waals surface area contributed by atoms with Crippen molar-refractivity contribution in [3.05, 3.63) is 50.9 Å². The number of hydrogen-bond donors (Lipinski definition) is 2. The second-order valence-corrected chi connectivity index (χ2v) is 5.29. The molecule has 0 aliphatic rings. The van der Waals surface area contributed by atoms with E-state index in [1.807, 2.05) is 0 Å². The molecule has 2 aromatic rings. The van der Waals surface area contributed by atoms with E-state index in [-0.39, 0.29) is 10.0 Å². The average Bonchev–Trinajstić information content (AvgIpc) is 2.56. The number of carbonyl (C=O) groups excluding carboxylic acids is 2. The van der Waals surface area contributed by atoms with Crippen molar-refractivity contribution in [1.29, 1.82) is 0 Å². The number of nitrogens with one attached hydrogen (secondary N) is 2. The van der Waals surface area contributed by atoms with Gasteiger partial charge in [0.25, 0.3) is 5.56 Å². The number of urea groups is 1. The van der Waals surface area contributed by atoms with Gasteiger partial charge >= 0.3 is 6.03 Å². The summed E-state index contributed by atoms with van der Waals surface area (Å²) in [7, 11) is 1.52. The Kier molecular flexibility index (Phi) is 5.78. The summed E-state index contributed by atoms with van der Waals surface area (Å²) in [5, 5.41) is 7.94. The zero-order valence-corrected chi connectivity index (χ0v) is 13.9. The van der Waals surface area contributed by atoms with Gasteiger partial charge in [-0.1, -0.05) is 23.2 Å². The molecule has 0 aliphatic carbocycles. The molecule has 0 fully saturated rings. The molecule has 2 N–H and O–H groups in total. The molecule has 1 aromatic carbocycles. The number of rotatable bonds is 4. The molecule has 0 radical (unpaired) electrons. The van der Waals surface area contributed by atoms with E-state index in [1.165, 1.54) is 7.11 Å². The number of hydrogen-bond acceptors (Lipinski definition) is 5. The third-order valence-electron chi connectivity index (χ3n) is 2.84. The molecule has 1 aromatic heterocycles. The molecule has 0 saturated carbocycles. The molecule has 1 heterocycles. The van der Waals surface area contributed by atoms with Crippen LogP contribution in [0.1, 0.15) is 0 Å². The number of carbonyl (C=O) groups is 2. The van der Waals surface area contributed by atoms with Crippen LogP contribution in [0.15, 0.2) is 35.3 Å². The summed E-state index contributed by atoms with van der Waals surface area (Å²) in [6.45, 7) is -0.480. The van der Waals surface area contributed by atoms with E-state index in [9.17, 15) is 14.4 Å². The number of methoxy groups -OCH3 is 1. The normalized spacial score (nSPS) is 10.1. The number of ether oxygens (including phenoxy) is 1. The van der Waals surface area contributed by atoms with Gasteiger partial charge in [-0.3, -0.25) is 14.9 Å². The van der Waals surface area contributed by atoms with Crippen LogP contribution in [0.25, 0.3) is 0 Å². The Morgan fingerprint density at radius 1 is 1.25 bits per heavy atom. The third-order valence-corrected chi connectivity index (χ3v) is 3.59. The Morgan fingerprint density at radius 2 is 1.92 bits per heavy atom. The van der Waals surface area contributed by atoms with Crippen molar-refractivity contribution < 1.29 is 14.3 Å². The van der Waals surface area contributed by atoms with E-state index < -0.39 is 24.0 Å². The minimum absolute atomic E-state index is 0.0180. The molecule has 0 bridgehead atoms. The maximum atomic E-state index is 11.8. The van der Waals surface area contributed by atoms with Gasteiger partial charge in [-0.05, 0) is 24.3 Å². The number of halogens is 2. The number of benzene rings is 1. The Labute approximate surface area is 146 Å². The standard InChI is InChI=1S/C14H12Cl2N4O4/c1-24-9-4-2-8(3-5-9)18-14(23)19-11(21)7-20-13(22)12(16)10(15)6-17-20/h2-6H,7H2,1H3,(H2,18,19,21,23). The predicted molar refractivity (Wildman–Crippen MR) is 88.7 cm³/mol.